The van der Waals surface area contributed by atoms with Gasteiger partial charge < -0.3 is 4.74 Å². The Bertz CT molecular complexity index is 443. The number of alkyl halides is 2. The molecule has 0 aliphatic heterocycles. The van der Waals surface area contributed by atoms with Crippen molar-refractivity contribution in [3.8, 4) is 5.75 Å². The maximum Gasteiger partial charge on any atom is 0.272 e. The monoisotopic (exact) mass is 277 g/mol. The molecular weight excluding hydrogens is 268 g/mol. The average molecular weight is 278 g/mol. The first kappa shape index (κ1) is 12.1. The summed E-state index contributed by atoms with van der Waals surface area (Å²) in [6, 6.07) is 1.58. The molecule has 0 N–H and O–H groups in total. The molecule has 1 rings (SSSR count). The van der Waals surface area contributed by atoms with Crippen molar-refractivity contribution >= 4 is 27.0 Å². The van der Waals surface area contributed by atoms with Gasteiger partial charge >= 0.3 is 0 Å². The maximum atomic E-state index is 11.9. The quantitative estimate of drug-likeness (QED) is 0.839. The SMILES string of the molecule is C=c1cc(OCC(F)F)cn/c1=C(/C)Br. The molecule has 1 aromatic heterocycles. The molecule has 1 aromatic rings. The van der Waals surface area contributed by atoms with E-state index in [0.29, 0.717) is 16.3 Å². The Balaban J connectivity index is 2.94. The van der Waals surface area contributed by atoms with Crippen molar-refractivity contribution in [2.45, 2.75) is 13.3 Å². The summed E-state index contributed by atoms with van der Waals surface area (Å²) in [4.78, 5) is 4.04. The van der Waals surface area contributed by atoms with E-state index in [4.69, 9.17) is 4.74 Å². The first-order valence-corrected chi connectivity index (χ1v) is 5.02. The molecule has 0 aliphatic rings. The van der Waals surface area contributed by atoms with Crippen LogP contribution >= 0.6 is 15.9 Å². The Morgan fingerprint density at radius 1 is 1.67 bits per heavy atom. The predicted octanol–water partition coefficient (Wildman–Crippen LogP) is 1.66. The van der Waals surface area contributed by atoms with E-state index in [-0.39, 0.29) is 0 Å². The lowest BCUT2D eigenvalue weighted by Gasteiger charge is -2.04. The number of pyridine rings is 1. The molecule has 1 heterocycles. The summed E-state index contributed by atoms with van der Waals surface area (Å²) in [5, 5.41) is 1.33. The van der Waals surface area contributed by atoms with Gasteiger partial charge in [0.2, 0.25) is 0 Å². The van der Waals surface area contributed by atoms with Crippen molar-refractivity contribution in [1.82, 2.24) is 4.98 Å². The molecule has 0 radical (unpaired) electrons. The van der Waals surface area contributed by atoms with Crippen molar-refractivity contribution in [3.63, 3.8) is 0 Å². The van der Waals surface area contributed by atoms with E-state index in [0.717, 1.165) is 4.48 Å². The van der Waals surface area contributed by atoms with Gasteiger partial charge in [0, 0.05) is 4.48 Å². The van der Waals surface area contributed by atoms with Gasteiger partial charge in [0.05, 0.1) is 11.5 Å². The molecule has 82 valence electrons. The molecule has 0 amide bonds. The first-order chi connectivity index (χ1) is 7.00. The maximum absolute atomic E-state index is 11.9. The normalized spacial score (nSPS) is 12.9. The van der Waals surface area contributed by atoms with E-state index >= 15 is 0 Å². The Morgan fingerprint density at radius 3 is 2.80 bits per heavy atom. The number of rotatable bonds is 3. The fraction of sp³-hybridized carbons (Fsp3) is 0.300. The summed E-state index contributed by atoms with van der Waals surface area (Å²) in [7, 11) is 0. The largest absolute Gasteiger partial charge is 0.486 e. The molecule has 0 atom stereocenters. The predicted molar refractivity (Wildman–Crippen MR) is 58.5 cm³/mol. The Labute approximate surface area is 94.4 Å². The first-order valence-electron chi connectivity index (χ1n) is 4.23. The molecule has 0 fully saturated rings. The molecule has 15 heavy (non-hydrogen) atoms. The van der Waals surface area contributed by atoms with Gasteiger partial charge in [-0.3, -0.25) is 4.98 Å². The Hall–Kier alpha value is -0.970. The van der Waals surface area contributed by atoms with Crippen LogP contribution in [0.5, 0.6) is 5.75 Å². The minimum Gasteiger partial charge on any atom is -0.486 e. The molecular formula is C10H10BrF2NO. The molecule has 0 unspecified atom stereocenters. The van der Waals surface area contributed by atoms with E-state index in [1.165, 1.54) is 6.20 Å². The van der Waals surface area contributed by atoms with Crippen LogP contribution in [-0.4, -0.2) is 18.0 Å². The topological polar surface area (TPSA) is 22.1 Å². The van der Waals surface area contributed by atoms with Gasteiger partial charge in [-0.15, -0.1) is 0 Å². The molecule has 0 saturated heterocycles. The summed E-state index contributed by atoms with van der Waals surface area (Å²) in [5.41, 5.74) is 0. The Kier molecular flexibility index (Phi) is 4.20. The second-order valence-electron chi connectivity index (χ2n) is 2.91. The minimum atomic E-state index is -2.48. The number of ether oxygens (including phenoxy) is 1. The second kappa shape index (κ2) is 5.21. The lowest BCUT2D eigenvalue weighted by atomic mass is 10.3. The summed E-state index contributed by atoms with van der Waals surface area (Å²) in [6.45, 7) is 4.95. The zero-order valence-electron chi connectivity index (χ0n) is 8.14. The van der Waals surface area contributed by atoms with Gasteiger partial charge in [-0.1, -0.05) is 22.5 Å². The highest BCUT2D eigenvalue weighted by Crippen LogP contribution is 2.05. The van der Waals surface area contributed by atoms with Crippen molar-refractivity contribution in [3.05, 3.63) is 22.8 Å². The lowest BCUT2D eigenvalue weighted by Crippen LogP contribution is -2.27. The summed E-state index contributed by atoms with van der Waals surface area (Å²) in [6.07, 6.45) is -1.08. The summed E-state index contributed by atoms with van der Waals surface area (Å²) >= 11 is 3.27. The number of hydrogen-bond acceptors (Lipinski definition) is 2. The van der Waals surface area contributed by atoms with Gasteiger partial charge in [-0.25, -0.2) is 8.78 Å². The van der Waals surface area contributed by atoms with Crippen LogP contribution in [0.25, 0.3) is 11.1 Å². The molecule has 0 saturated carbocycles. The molecule has 0 bridgehead atoms. The van der Waals surface area contributed by atoms with Crippen LogP contribution in [0.2, 0.25) is 0 Å². The van der Waals surface area contributed by atoms with Crippen molar-refractivity contribution in [1.29, 1.82) is 0 Å². The minimum absolute atomic E-state index is 0.304. The molecule has 0 spiro atoms. The van der Waals surface area contributed by atoms with Crippen LogP contribution in [0.4, 0.5) is 8.78 Å². The third-order valence-electron chi connectivity index (χ3n) is 1.64. The van der Waals surface area contributed by atoms with Gasteiger partial charge in [-0.05, 0) is 18.2 Å². The number of halogens is 3. The third kappa shape index (κ3) is 3.58. The van der Waals surface area contributed by atoms with Gasteiger partial charge in [-0.2, -0.15) is 0 Å². The molecule has 5 heteroatoms. The summed E-state index contributed by atoms with van der Waals surface area (Å²) in [5.74, 6) is 0.304. The van der Waals surface area contributed by atoms with Crippen LogP contribution in [0.15, 0.2) is 12.3 Å². The zero-order chi connectivity index (χ0) is 11.4. The van der Waals surface area contributed by atoms with Crippen molar-refractivity contribution < 1.29 is 13.5 Å². The van der Waals surface area contributed by atoms with E-state index < -0.39 is 13.0 Å². The van der Waals surface area contributed by atoms with Crippen LogP contribution in [0.1, 0.15) is 6.92 Å². The van der Waals surface area contributed by atoms with E-state index in [1.807, 2.05) is 6.92 Å². The fourth-order valence-electron chi connectivity index (χ4n) is 1.04. The lowest BCUT2D eigenvalue weighted by molar-refractivity contribution is 0.0816. The summed E-state index contributed by atoms with van der Waals surface area (Å²) < 4.78 is 29.4. The highest BCUT2D eigenvalue weighted by molar-refractivity contribution is 9.14. The van der Waals surface area contributed by atoms with Gasteiger partial charge in [0.25, 0.3) is 6.43 Å². The average Bonchev–Trinajstić information content (AvgIpc) is 2.14. The number of nitrogens with zero attached hydrogens (tertiary/aromatic N) is 1. The number of hydrogen-bond donors (Lipinski definition) is 0. The van der Waals surface area contributed by atoms with Crippen LogP contribution in [0, 0.1) is 0 Å². The van der Waals surface area contributed by atoms with Gasteiger partial charge in [0.15, 0.2) is 0 Å². The highest BCUT2D eigenvalue weighted by Gasteiger charge is 2.03. The molecule has 0 aromatic carbocycles. The van der Waals surface area contributed by atoms with Crippen molar-refractivity contribution in [2.24, 2.45) is 0 Å². The van der Waals surface area contributed by atoms with Crippen LogP contribution in [-0.2, 0) is 0 Å². The van der Waals surface area contributed by atoms with Crippen molar-refractivity contribution in [2.75, 3.05) is 6.61 Å². The molecule has 2 nitrogen and oxygen atoms in total. The van der Waals surface area contributed by atoms with E-state index in [1.54, 1.807) is 6.07 Å². The fourth-order valence-corrected chi connectivity index (χ4v) is 1.39. The highest BCUT2D eigenvalue weighted by atomic mass is 79.9. The molecule has 0 aliphatic carbocycles. The standard InChI is InChI=1S/C10H10BrF2NO/c1-6-3-8(15-5-9(12)13)4-14-10(6)7(2)11/h3-4,9H,1,5H2,2H3/b10-7-. The van der Waals surface area contributed by atoms with E-state index in [9.17, 15) is 8.78 Å². The zero-order valence-corrected chi connectivity index (χ0v) is 9.72. The number of aromatic nitrogens is 1. The van der Waals surface area contributed by atoms with Crippen LogP contribution in [0.3, 0.4) is 0 Å². The van der Waals surface area contributed by atoms with Gasteiger partial charge in [0.1, 0.15) is 12.4 Å². The third-order valence-corrected chi connectivity index (χ3v) is 2.02. The smallest absolute Gasteiger partial charge is 0.272 e. The van der Waals surface area contributed by atoms with E-state index in [2.05, 4.69) is 27.5 Å². The second-order valence-corrected chi connectivity index (χ2v) is 4.10. The van der Waals surface area contributed by atoms with Crippen LogP contribution < -0.4 is 15.3 Å². The Morgan fingerprint density at radius 2 is 2.33 bits per heavy atom.